The van der Waals surface area contributed by atoms with Gasteiger partial charge in [-0.1, -0.05) is 31.4 Å². The maximum atomic E-state index is 11.7. The van der Waals surface area contributed by atoms with Gasteiger partial charge in [0.2, 0.25) is 11.8 Å². The first-order chi connectivity index (χ1) is 18.9. The van der Waals surface area contributed by atoms with Gasteiger partial charge in [-0.3, -0.25) is 4.98 Å². The topological polar surface area (TPSA) is 128 Å². The molecule has 0 aromatic carbocycles. The number of nitrogens with one attached hydrogen (secondary N) is 1. The zero-order valence-corrected chi connectivity index (χ0v) is 23.2. The standard InChI is InChI=1S/C27H33ClN8O3/c1-15-4-6-17(7-5-15)14-36-22-21(18-11-19(28)13-29-12-18)30-24(25-33-34-27(37)39-25)31-23(22)32-26(36)35-9-8-20(38-3)10-16(35)2/h11-13,15-17,20H,4-10,14H2,1-3H3,(H,34,37)/t15?,16-,17?,20+/m1/s1. The van der Waals surface area contributed by atoms with E-state index in [-0.39, 0.29) is 23.9 Å². The Morgan fingerprint density at radius 3 is 2.64 bits per heavy atom. The van der Waals surface area contributed by atoms with Crippen molar-refractivity contribution in [3.63, 3.8) is 0 Å². The number of H-pyrrole nitrogens is 1. The molecule has 11 nitrogen and oxygen atoms in total. The smallest absolute Gasteiger partial charge is 0.384 e. The number of ether oxygens (including phenoxy) is 1. The summed E-state index contributed by atoms with van der Waals surface area (Å²) < 4.78 is 13.2. The first-order valence-corrected chi connectivity index (χ1v) is 14.0. The molecule has 2 fully saturated rings. The average molecular weight is 553 g/mol. The van der Waals surface area contributed by atoms with Gasteiger partial charge in [-0.15, -0.1) is 5.10 Å². The summed E-state index contributed by atoms with van der Waals surface area (Å²) in [6, 6.07) is 2.06. The number of rotatable bonds is 6. The highest BCUT2D eigenvalue weighted by molar-refractivity contribution is 6.30. The van der Waals surface area contributed by atoms with Crippen LogP contribution in [0.25, 0.3) is 34.1 Å². The van der Waals surface area contributed by atoms with Crippen LogP contribution in [0.15, 0.2) is 27.7 Å². The summed E-state index contributed by atoms with van der Waals surface area (Å²) in [6.07, 6.45) is 10.2. The van der Waals surface area contributed by atoms with Crippen LogP contribution in [0.1, 0.15) is 52.4 Å². The summed E-state index contributed by atoms with van der Waals surface area (Å²) in [5.41, 5.74) is 2.68. The number of piperidine rings is 1. The van der Waals surface area contributed by atoms with Crippen LogP contribution >= 0.6 is 11.6 Å². The fourth-order valence-electron chi connectivity index (χ4n) is 5.99. The van der Waals surface area contributed by atoms with Crippen molar-refractivity contribution in [1.82, 2.24) is 34.7 Å². The van der Waals surface area contributed by atoms with E-state index in [1.165, 1.54) is 25.7 Å². The molecule has 1 aliphatic carbocycles. The van der Waals surface area contributed by atoms with Crippen molar-refractivity contribution < 1.29 is 9.15 Å². The Balaban J connectivity index is 1.55. The second-order valence-electron chi connectivity index (χ2n) is 11.0. The van der Waals surface area contributed by atoms with E-state index in [0.29, 0.717) is 22.3 Å². The van der Waals surface area contributed by atoms with Gasteiger partial charge in [-0.2, -0.15) is 4.98 Å². The van der Waals surface area contributed by atoms with E-state index in [0.717, 1.165) is 48.9 Å². The Morgan fingerprint density at radius 2 is 1.95 bits per heavy atom. The Morgan fingerprint density at radius 1 is 1.13 bits per heavy atom. The van der Waals surface area contributed by atoms with Crippen LogP contribution in [0.2, 0.25) is 5.02 Å². The molecule has 1 saturated heterocycles. The summed E-state index contributed by atoms with van der Waals surface area (Å²) in [6.45, 7) is 6.20. The lowest BCUT2D eigenvalue weighted by molar-refractivity contribution is 0.0716. The van der Waals surface area contributed by atoms with E-state index in [4.69, 9.17) is 35.7 Å². The highest BCUT2D eigenvalue weighted by Crippen LogP contribution is 2.37. The third-order valence-corrected chi connectivity index (χ3v) is 8.39. The van der Waals surface area contributed by atoms with Crippen molar-refractivity contribution in [3.05, 3.63) is 34.0 Å². The van der Waals surface area contributed by atoms with E-state index in [1.54, 1.807) is 19.5 Å². The Bertz CT molecular complexity index is 1520. The van der Waals surface area contributed by atoms with Crippen molar-refractivity contribution in [2.24, 2.45) is 11.8 Å². The second-order valence-corrected chi connectivity index (χ2v) is 11.4. The third-order valence-electron chi connectivity index (χ3n) is 8.19. The maximum Gasteiger partial charge on any atom is 0.434 e. The highest BCUT2D eigenvalue weighted by atomic mass is 35.5. The van der Waals surface area contributed by atoms with Crippen LogP contribution in [0, 0.1) is 11.8 Å². The Hall–Kier alpha value is -3.31. The number of hydrogen-bond acceptors (Lipinski definition) is 9. The number of fused-ring (bicyclic) bond motifs is 1. The summed E-state index contributed by atoms with van der Waals surface area (Å²) in [4.78, 5) is 33.1. The SMILES string of the molecule is CO[C@H]1CCN(c2nc3nc(-c4n[nH]c(=O)o4)nc(-c4cncc(Cl)c4)c3n2CC2CCC(C)CC2)[C@H](C)C1. The molecule has 0 radical (unpaired) electrons. The zero-order valence-electron chi connectivity index (χ0n) is 22.4. The summed E-state index contributed by atoms with van der Waals surface area (Å²) >= 11 is 6.36. The molecule has 4 aromatic heterocycles. The molecule has 2 atom stereocenters. The van der Waals surface area contributed by atoms with Gasteiger partial charge in [0.25, 0.3) is 5.89 Å². The van der Waals surface area contributed by atoms with Crippen LogP contribution in [0.5, 0.6) is 0 Å². The van der Waals surface area contributed by atoms with Crippen LogP contribution in [-0.2, 0) is 11.3 Å². The molecule has 4 aromatic rings. The molecule has 206 valence electrons. The maximum absolute atomic E-state index is 11.7. The molecule has 0 bridgehead atoms. The molecular formula is C27H33ClN8O3. The molecule has 39 heavy (non-hydrogen) atoms. The largest absolute Gasteiger partial charge is 0.434 e. The van der Waals surface area contributed by atoms with Crippen LogP contribution in [0.3, 0.4) is 0 Å². The van der Waals surface area contributed by atoms with Crippen LogP contribution in [-0.4, -0.2) is 60.5 Å². The molecule has 0 unspecified atom stereocenters. The van der Waals surface area contributed by atoms with Gasteiger partial charge in [-0.25, -0.2) is 19.9 Å². The minimum atomic E-state index is -0.674. The number of hydrogen-bond donors (Lipinski definition) is 1. The number of halogens is 1. The fourth-order valence-corrected chi connectivity index (χ4v) is 6.16. The lowest BCUT2D eigenvalue weighted by Gasteiger charge is -2.38. The van der Waals surface area contributed by atoms with Crippen LogP contribution < -0.4 is 10.7 Å². The van der Waals surface area contributed by atoms with Gasteiger partial charge in [0.05, 0.1) is 11.1 Å². The number of nitrogens with zero attached hydrogens (tertiary/aromatic N) is 7. The number of anilines is 1. The first kappa shape index (κ1) is 25.9. The lowest BCUT2D eigenvalue weighted by Crippen LogP contribution is -2.44. The molecule has 0 amide bonds. The zero-order chi connectivity index (χ0) is 27.1. The highest BCUT2D eigenvalue weighted by Gasteiger charge is 2.32. The summed E-state index contributed by atoms with van der Waals surface area (Å²) in [7, 11) is 1.78. The Kier molecular flexibility index (Phi) is 7.11. The van der Waals surface area contributed by atoms with Crippen molar-refractivity contribution in [3.8, 4) is 23.0 Å². The van der Waals surface area contributed by atoms with Crippen LogP contribution in [0.4, 0.5) is 5.95 Å². The number of imidazole rings is 1. The molecule has 1 N–H and O–H groups in total. The summed E-state index contributed by atoms with van der Waals surface area (Å²) in [5, 5.41) is 6.75. The molecular weight excluding hydrogens is 520 g/mol. The molecule has 2 aliphatic rings. The molecule has 1 aliphatic heterocycles. The minimum absolute atomic E-state index is 0.00443. The normalized spacial score (nSPS) is 23.9. The van der Waals surface area contributed by atoms with E-state index in [9.17, 15) is 4.79 Å². The van der Waals surface area contributed by atoms with Gasteiger partial charge in [0.15, 0.2) is 5.65 Å². The molecule has 6 rings (SSSR count). The van der Waals surface area contributed by atoms with Gasteiger partial charge in [0.1, 0.15) is 11.2 Å². The number of aromatic nitrogens is 7. The molecule has 12 heteroatoms. The Labute approximate surface area is 231 Å². The van der Waals surface area contributed by atoms with Gasteiger partial charge >= 0.3 is 5.76 Å². The first-order valence-electron chi connectivity index (χ1n) is 13.6. The number of pyridine rings is 1. The van der Waals surface area contributed by atoms with Crippen molar-refractivity contribution in [2.75, 3.05) is 18.6 Å². The lowest BCUT2D eigenvalue weighted by atomic mass is 9.83. The predicted octanol–water partition coefficient (Wildman–Crippen LogP) is 4.72. The summed E-state index contributed by atoms with van der Waals surface area (Å²) in [5.74, 6) is 1.66. The molecule has 0 spiro atoms. The monoisotopic (exact) mass is 552 g/mol. The quantitative estimate of drug-likeness (QED) is 0.361. The molecule has 1 saturated carbocycles. The second kappa shape index (κ2) is 10.7. The van der Waals surface area contributed by atoms with E-state index >= 15 is 0 Å². The minimum Gasteiger partial charge on any atom is -0.384 e. The van der Waals surface area contributed by atoms with E-state index in [1.807, 2.05) is 6.07 Å². The number of aromatic amines is 1. The fraction of sp³-hybridized carbons (Fsp3) is 0.556. The van der Waals surface area contributed by atoms with Crippen molar-refractivity contribution in [1.29, 1.82) is 0 Å². The van der Waals surface area contributed by atoms with E-state index in [2.05, 4.69) is 38.5 Å². The predicted molar refractivity (Wildman–Crippen MR) is 148 cm³/mol. The van der Waals surface area contributed by atoms with E-state index < -0.39 is 5.76 Å². The third kappa shape index (κ3) is 5.17. The van der Waals surface area contributed by atoms with Crippen molar-refractivity contribution in [2.45, 2.75) is 71.1 Å². The van der Waals surface area contributed by atoms with Gasteiger partial charge in [-0.05, 0) is 50.5 Å². The van der Waals surface area contributed by atoms with Gasteiger partial charge < -0.3 is 18.6 Å². The number of methoxy groups -OCH3 is 1. The van der Waals surface area contributed by atoms with Crippen molar-refractivity contribution >= 4 is 28.7 Å². The van der Waals surface area contributed by atoms with Gasteiger partial charge in [0, 0.05) is 44.2 Å². The average Bonchev–Trinajstić information content (AvgIpc) is 3.53. The molecule has 5 heterocycles.